The van der Waals surface area contributed by atoms with Crippen molar-refractivity contribution in [1.29, 1.82) is 0 Å². The van der Waals surface area contributed by atoms with Crippen LogP contribution in [0.3, 0.4) is 0 Å². The Kier molecular flexibility index (Phi) is 5.88. The van der Waals surface area contributed by atoms with Crippen molar-refractivity contribution in [1.82, 2.24) is 10.3 Å². The molecular weight excluding hydrogens is 220 g/mol. The van der Waals surface area contributed by atoms with E-state index in [-0.39, 0.29) is 0 Å². The van der Waals surface area contributed by atoms with Gasteiger partial charge in [-0.3, -0.25) is 4.98 Å². The molecule has 0 aliphatic carbocycles. The summed E-state index contributed by atoms with van der Waals surface area (Å²) >= 11 is 0. The van der Waals surface area contributed by atoms with Gasteiger partial charge in [-0.15, -0.1) is 12.3 Å². The molecule has 0 aromatic carbocycles. The summed E-state index contributed by atoms with van der Waals surface area (Å²) < 4.78 is 0. The standard InChI is InChI=1S/C16H24N2/c1-6-7-8-9-10-17-14(4)16-12(2)11-13(3)18-15(16)5/h1,11,14,17H,7-10H2,2-5H3. The molecule has 1 rings (SSSR count). The summed E-state index contributed by atoms with van der Waals surface area (Å²) in [6, 6.07) is 2.50. The van der Waals surface area contributed by atoms with Gasteiger partial charge >= 0.3 is 0 Å². The van der Waals surface area contributed by atoms with Crippen LogP contribution in [0.1, 0.15) is 54.7 Å². The summed E-state index contributed by atoms with van der Waals surface area (Å²) in [5.74, 6) is 2.67. The molecule has 0 saturated carbocycles. The highest BCUT2D eigenvalue weighted by Crippen LogP contribution is 2.21. The maximum absolute atomic E-state index is 5.24. The first-order valence-electron chi connectivity index (χ1n) is 6.68. The van der Waals surface area contributed by atoms with E-state index in [0.29, 0.717) is 6.04 Å². The Morgan fingerprint density at radius 3 is 2.67 bits per heavy atom. The van der Waals surface area contributed by atoms with E-state index < -0.39 is 0 Å². The summed E-state index contributed by atoms with van der Waals surface area (Å²) in [4.78, 5) is 4.55. The highest BCUT2D eigenvalue weighted by molar-refractivity contribution is 5.33. The highest BCUT2D eigenvalue weighted by Gasteiger charge is 2.12. The minimum Gasteiger partial charge on any atom is -0.310 e. The first kappa shape index (κ1) is 14.7. The second-order valence-electron chi connectivity index (χ2n) is 4.92. The topological polar surface area (TPSA) is 24.9 Å². The number of hydrogen-bond donors (Lipinski definition) is 1. The summed E-state index contributed by atoms with van der Waals surface area (Å²) in [6.45, 7) is 9.50. The zero-order valence-electron chi connectivity index (χ0n) is 12.0. The van der Waals surface area contributed by atoms with Crippen LogP contribution in [0.2, 0.25) is 0 Å². The summed E-state index contributed by atoms with van der Waals surface area (Å²) in [6.07, 6.45) is 8.34. The average molecular weight is 244 g/mol. The highest BCUT2D eigenvalue weighted by atomic mass is 14.9. The lowest BCUT2D eigenvalue weighted by molar-refractivity contribution is 0.543. The Morgan fingerprint density at radius 2 is 2.06 bits per heavy atom. The van der Waals surface area contributed by atoms with Gasteiger partial charge in [0, 0.05) is 23.9 Å². The predicted molar refractivity (Wildman–Crippen MR) is 77.5 cm³/mol. The number of rotatable bonds is 6. The molecule has 0 aliphatic rings. The van der Waals surface area contributed by atoms with Gasteiger partial charge in [0.15, 0.2) is 0 Å². The molecule has 1 aromatic heterocycles. The summed E-state index contributed by atoms with van der Waals surface area (Å²) in [5, 5.41) is 3.55. The van der Waals surface area contributed by atoms with Crippen molar-refractivity contribution in [3.05, 3.63) is 28.6 Å². The van der Waals surface area contributed by atoms with Gasteiger partial charge < -0.3 is 5.32 Å². The van der Waals surface area contributed by atoms with E-state index in [9.17, 15) is 0 Å². The molecule has 98 valence electrons. The van der Waals surface area contributed by atoms with Gasteiger partial charge in [-0.05, 0) is 64.3 Å². The lowest BCUT2D eigenvalue weighted by Gasteiger charge is -2.19. The first-order chi connectivity index (χ1) is 8.56. The van der Waals surface area contributed by atoms with Crippen molar-refractivity contribution >= 4 is 0 Å². The summed E-state index contributed by atoms with van der Waals surface area (Å²) in [7, 11) is 0. The van der Waals surface area contributed by atoms with Crippen molar-refractivity contribution in [2.75, 3.05) is 6.54 Å². The normalized spacial score (nSPS) is 12.2. The van der Waals surface area contributed by atoms with Gasteiger partial charge in [0.1, 0.15) is 0 Å². The Bertz CT molecular complexity index is 406. The minimum absolute atomic E-state index is 0.351. The molecule has 0 spiro atoms. The number of terminal acetylenes is 1. The van der Waals surface area contributed by atoms with E-state index in [1.54, 1.807) is 0 Å². The second kappa shape index (κ2) is 7.18. The lowest BCUT2D eigenvalue weighted by atomic mass is 10.0. The number of hydrogen-bond acceptors (Lipinski definition) is 2. The van der Waals surface area contributed by atoms with Crippen molar-refractivity contribution in [2.24, 2.45) is 0 Å². The van der Waals surface area contributed by atoms with Gasteiger partial charge in [0.25, 0.3) is 0 Å². The Balaban J connectivity index is 2.57. The fraction of sp³-hybridized carbons (Fsp3) is 0.562. The average Bonchev–Trinajstić information content (AvgIpc) is 2.27. The van der Waals surface area contributed by atoms with Gasteiger partial charge in [-0.1, -0.05) is 0 Å². The van der Waals surface area contributed by atoms with Crippen molar-refractivity contribution in [2.45, 2.75) is 53.0 Å². The van der Waals surface area contributed by atoms with E-state index in [4.69, 9.17) is 6.42 Å². The third-order valence-electron chi connectivity index (χ3n) is 3.22. The van der Waals surface area contributed by atoms with E-state index in [1.807, 2.05) is 6.92 Å². The molecule has 1 aromatic rings. The Morgan fingerprint density at radius 1 is 1.33 bits per heavy atom. The van der Waals surface area contributed by atoms with Crippen LogP contribution < -0.4 is 5.32 Å². The van der Waals surface area contributed by atoms with Crippen LogP contribution in [-0.4, -0.2) is 11.5 Å². The Labute approximate surface area is 111 Å². The SMILES string of the molecule is C#CCCCCNC(C)c1c(C)cc(C)nc1C. The van der Waals surface area contributed by atoms with Crippen LogP contribution in [0, 0.1) is 33.1 Å². The number of nitrogens with one attached hydrogen (secondary N) is 1. The van der Waals surface area contributed by atoms with Gasteiger partial charge in [0.05, 0.1) is 0 Å². The number of nitrogens with zero attached hydrogens (tertiary/aromatic N) is 1. The monoisotopic (exact) mass is 244 g/mol. The van der Waals surface area contributed by atoms with Crippen LogP contribution in [0.15, 0.2) is 6.07 Å². The zero-order valence-corrected chi connectivity index (χ0v) is 12.0. The van der Waals surface area contributed by atoms with Gasteiger partial charge in [-0.2, -0.15) is 0 Å². The molecule has 18 heavy (non-hydrogen) atoms. The van der Waals surface area contributed by atoms with Crippen LogP contribution in [0.25, 0.3) is 0 Å². The molecule has 0 saturated heterocycles. The molecule has 1 atom stereocenters. The fourth-order valence-electron chi connectivity index (χ4n) is 2.46. The van der Waals surface area contributed by atoms with Crippen LogP contribution in [0.5, 0.6) is 0 Å². The minimum atomic E-state index is 0.351. The third-order valence-corrected chi connectivity index (χ3v) is 3.22. The van der Waals surface area contributed by atoms with Crippen molar-refractivity contribution < 1.29 is 0 Å². The quantitative estimate of drug-likeness (QED) is 0.612. The number of unbranched alkanes of at least 4 members (excludes halogenated alkanes) is 2. The molecule has 0 fully saturated rings. The smallest absolute Gasteiger partial charge is 0.0426 e. The molecule has 1 N–H and O–H groups in total. The van der Waals surface area contributed by atoms with E-state index in [1.165, 1.54) is 11.1 Å². The molecule has 0 bridgehead atoms. The molecule has 2 nitrogen and oxygen atoms in total. The van der Waals surface area contributed by atoms with E-state index in [0.717, 1.165) is 37.2 Å². The lowest BCUT2D eigenvalue weighted by Crippen LogP contribution is -2.22. The van der Waals surface area contributed by atoms with Crippen LogP contribution >= 0.6 is 0 Å². The maximum Gasteiger partial charge on any atom is 0.0426 e. The summed E-state index contributed by atoms with van der Waals surface area (Å²) in [5.41, 5.74) is 4.88. The molecule has 2 heteroatoms. The fourth-order valence-corrected chi connectivity index (χ4v) is 2.46. The van der Waals surface area contributed by atoms with Crippen LogP contribution in [0.4, 0.5) is 0 Å². The number of pyridine rings is 1. The van der Waals surface area contributed by atoms with Gasteiger partial charge in [-0.25, -0.2) is 0 Å². The van der Waals surface area contributed by atoms with E-state index >= 15 is 0 Å². The van der Waals surface area contributed by atoms with Gasteiger partial charge in [0.2, 0.25) is 0 Å². The molecule has 0 aliphatic heterocycles. The molecule has 1 unspecified atom stereocenters. The number of aromatic nitrogens is 1. The van der Waals surface area contributed by atoms with Crippen molar-refractivity contribution in [3.63, 3.8) is 0 Å². The molecule has 0 amide bonds. The number of aryl methyl sites for hydroxylation is 3. The predicted octanol–water partition coefficient (Wildman–Crippen LogP) is 3.46. The zero-order chi connectivity index (χ0) is 13.5. The molecule has 0 radical (unpaired) electrons. The van der Waals surface area contributed by atoms with Crippen molar-refractivity contribution in [3.8, 4) is 12.3 Å². The first-order valence-corrected chi connectivity index (χ1v) is 6.68. The maximum atomic E-state index is 5.24. The Hall–Kier alpha value is -1.33. The third kappa shape index (κ3) is 4.16. The molecular formula is C16H24N2. The largest absolute Gasteiger partial charge is 0.310 e. The van der Waals surface area contributed by atoms with Crippen LogP contribution in [-0.2, 0) is 0 Å². The molecule has 1 heterocycles. The van der Waals surface area contributed by atoms with E-state index in [2.05, 4.69) is 43.1 Å². The second-order valence-corrected chi connectivity index (χ2v) is 4.92.